The molecule has 0 saturated heterocycles. The first-order valence-electron chi connectivity index (χ1n) is 6.13. The maximum atomic E-state index is 9.29. The van der Waals surface area contributed by atoms with Crippen LogP contribution in [0, 0.1) is 11.3 Å². The number of nitrogens with zero attached hydrogens (tertiary/aromatic N) is 2. The first-order chi connectivity index (χ1) is 9.33. The molecule has 19 heavy (non-hydrogen) atoms. The van der Waals surface area contributed by atoms with Gasteiger partial charge in [0.15, 0.2) is 0 Å². The van der Waals surface area contributed by atoms with Crippen LogP contribution in [0.25, 0.3) is 16.6 Å². The fourth-order valence-corrected chi connectivity index (χ4v) is 2.30. The van der Waals surface area contributed by atoms with E-state index in [4.69, 9.17) is 5.73 Å². The summed E-state index contributed by atoms with van der Waals surface area (Å²) in [5, 5.41) is 10.4. The van der Waals surface area contributed by atoms with E-state index in [1.165, 1.54) is 0 Å². The van der Waals surface area contributed by atoms with E-state index < -0.39 is 0 Å². The zero-order chi connectivity index (χ0) is 13.2. The van der Waals surface area contributed by atoms with Crippen LogP contribution < -0.4 is 5.73 Å². The van der Waals surface area contributed by atoms with E-state index in [0.29, 0.717) is 12.2 Å². The fourth-order valence-electron chi connectivity index (χ4n) is 2.30. The van der Waals surface area contributed by atoms with Gasteiger partial charge in [0.1, 0.15) is 11.8 Å². The SMILES string of the molecule is N#Cc1cc2ccccc2n1-c1ccc(CN)cc1. The third kappa shape index (κ3) is 1.88. The third-order valence-electron chi connectivity index (χ3n) is 3.26. The van der Waals surface area contributed by atoms with Crippen LogP contribution in [0.4, 0.5) is 0 Å². The fraction of sp³-hybridized carbons (Fsp3) is 0.0625. The van der Waals surface area contributed by atoms with Crippen molar-refractivity contribution < 1.29 is 0 Å². The molecule has 0 fully saturated rings. The second kappa shape index (κ2) is 4.60. The molecule has 2 N–H and O–H groups in total. The molecule has 0 bridgehead atoms. The summed E-state index contributed by atoms with van der Waals surface area (Å²) in [4.78, 5) is 0. The maximum absolute atomic E-state index is 9.29. The average Bonchev–Trinajstić information content (AvgIpc) is 2.86. The normalized spacial score (nSPS) is 10.5. The number of fused-ring (bicyclic) bond motifs is 1. The van der Waals surface area contributed by atoms with Gasteiger partial charge < -0.3 is 10.3 Å². The van der Waals surface area contributed by atoms with Crippen LogP contribution in [0.1, 0.15) is 11.3 Å². The minimum Gasteiger partial charge on any atom is -0.326 e. The van der Waals surface area contributed by atoms with E-state index >= 15 is 0 Å². The summed E-state index contributed by atoms with van der Waals surface area (Å²) in [6.45, 7) is 0.526. The number of benzene rings is 2. The van der Waals surface area contributed by atoms with E-state index in [0.717, 1.165) is 22.2 Å². The first-order valence-corrected chi connectivity index (χ1v) is 6.13. The lowest BCUT2D eigenvalue weighted by molar-refractivity contribution is 1.05. The smallest absolute Gasteiger partial charge is 0.125 e. The number of nitriles is 1. The molecule has 3 heteroatoms. The largest absolute Gasteiger partial charge is 0.326 e. The molecule has 0 spiro atoms. The van der Waals surface area contributed by atoms with Crippen LogP contribution >= 0.6 is 0 Å². The highest BCUT2D eigenvalue weighted by atomic mass is 15.0. The Labute approximate surface area is 111 Å². The number of nitrogens with two attached hydrogens (primary N) is 1. The van der Waals surface area contributed by atoms with E-state index in [9.17, 15) is 5.26 Å². The molecule has 0 unspecified atom stereocenters. The molecule has 3 aromatic rings. The van der Waals surface area contributed by atoms with Crippen molar-refractivity contribution in [1.29, 1.82) is 5.26 Å². The molecule has 0 atom stereocenters. The molecule has 3 rings (SSSR count). The van der Waals surface area contributed by atoms with Crippen molar-refractivity contribution in [1.82, 2.24) is 4.57 Å². The zero-order valence-corrected chi connectivity index (χ0v) is 10.4. The molecule has 0 aliphatic rings. The highest BCUT2D eigenvalue weighted by Gasteiger charge is 2.09. The maximum Gasteiger partial charge on any atom is 0.125 e. The molecule has 3 nitrogen and oxygen atoms in total. The number of para-hydroxylation sites is 1. The minimum absolute atomic E-state index is 0.526. The van der Waals surface area contributed by atoms with Gasteiger partial charge in [-0.1, -0.05) is 30.3 Å². The van der Waals surface area contributed by atoms with Crippen LogP contribution in [0.5, 0.6) is 0 Å². The molecular formula is C16H13N3. The summed E-state index contributed by atoms with van der Waals surface area (Å²) in [7, 11) is 0. The monoisotopic (exact) mass is 247 g/mol. The van der Waals surface area contributed by atoms with Gasteiger partial charge in [0.2, 0.25) is 0 Å². The van der Waals surface area contributed by atoms with Crippen molar-refractivity contribution in [3.05, 3.63) is 65.9 Å². The van der Waals surface area contributed by atoms with Crippen LogP contribution in [0.3, 0.4) is 0 Å². The number of hydrogen-bond acceptors (Lipinski definition) is 2. The van der Waals surface area contributed by atoms with Crippen LogP contribution in [0.2, 0.25) is 0 Å². The lowest BCUT2D eigenvalue weighted by Gasteiger charge is -2.07. The van der Waals surface area contributed by atoms with Crippen molar-refractivity contribution in [3.8, 4) is 11.8 Å². The Hall–Kier alpha value is -2.57. The molecule has 1 heterocycles. The van der Waals surface area contributed by atoms with Crippen molar-refractivity contribution in [3.63, 3.8) is 0 Å². The minimum atomic E-state index is 0.526. The van der Waals surface area contributed by atoms with Gasteiger partial charge in [0.25, 0.3) is 0 Å². The van der Waals surface area contributed by atoms with Crippen molar-refractivity contribution in [2.24, 2.45) is 5.73 Å². The average molecular weight is 247 g/mol. The van der Waals surface area contributed by atoms with E-state index in [-0.39, 0.29) is 0 Å². The van der Waals surface area contributed by atoms with Gasteiger partial charge in [0.05, 0.1) is 5.52 Å². The highest BCUT2D eigenvalue weighted by Crippen LogP contribution is 2.24. The lowest BCUT2D eigenvalue weighted by Crippen LogP contribution is -1.99. The summed E-state index contributed by atoms with van der Waals surface area (Å²) in [6, 6.07) is 20.1. The standard InChI is InChI=1S/C16H13N3/c17-10-12-5-7-14(8-6-12)19-15(11-18)9-13-3-1-2-4-16(13)19/h1-9H,10,17H2. The van der Waals surface area contributed by atoms with Crippen LogP contribution in [0.15, 0.2) is 54.6 Å². The Morgan fingerprint density at radius 2 is 1.79 bits per heavy atom. The lowest BCUT2D eigenvalue weighted by atomic mass is 10.2. The topological polar surface area (TPSA) is 54.7 Å². The van der Waals surface area contributed by atoms with Crippen molar-refractivity contribution >= 4 is 10.9 Å². The molecule has 0 saturated carbocycles. The van der Waals surface area contributed by atoms with Gasteiger partial charge in [0, 0.05) is 17.6 Å². The second-order valence-corrected chi connectivity index (χ2v) is 4.41. The molecule has 0 amide bonds. The molecule has 0 radical (unpaired) electrons. The Balaban J connectivity index is 2.25. The van der Waals surface area contributed by atoms with Gasteiger partial charge in [-0.2, -0.15) is 5.26 Å². The Kier molecular flexibility index (Phi) is 2.79. The molecule has 92 valence electrons. The third-order valence-corrected chi connectivity index (χ3v) is 3.26. The Morgan fingerprint density at radius 1 is 1.05 bits per heavy atom. The van der Waals surface area contributed by atoms with Gasteiger partial charge in [-0.3, -0.25) is 0 Å². The van der Waals surface area contributed by atoms with Gasteiger partial charge in [-0.25, -0.2) is 0 Å². The van der Waals surface area contributed by atoms with E-state index in [1.54, 1.807) is 0 Å². The first kappa shape index (κ1) is 11.5. The Morgan fingerprint density at radius 3 is 2.47 bits per heavy atom. The predicted molar refractivity (Wildman–Crippen MR) is 75.9 cm³/mol. The molecule has 0 aliphatic carbocycles. The number of rotatable bonds is 2. The van der Waals surface area contributed by atoms with Gasteiger partial charge in [-0.15, -0.1) is 0 Å². The Bertz CT molecular complexity index is 761. The molecule has 0 aliphatic heterocycles. The summed E-state index contributed by atoms with van der Waals surface area (Å²) < 4.78 is 1.97. The quantitative estimate of drug-likeness (QED) is 0.757. The molecule has 2 aromatic carbocycles. The predicted octanol–water partition coefficient (Wildman–Crippen LogP) is 2.96. The van der Waals surface area contributed by atoms with Gasteiger partial charge >= 0.3 is 0 Å². The summed E-state index contributed by atoms with van der Waals surface area (Å²) in [5.74, 6) is 0. The molecular weight excluding hydrogens is 234 g/mol. The van der Waals surface area contributed by atoms with E-state index in [2.05, 4.69) is 6.07 Å². The summed E-state index contributed by atoms with van der Waals surface area (Å²) >= 11 is 0. The van der Waals surface area contributed by atoms with Crippen LogP contribution in [-0.2, 0) is 6.54 Å². The van der Waals surface area contributed by atoms with Crippen molar-refractivity contribution in [2.75, 3.05) is 0 Å². The molecule has 1 aromatic heterocycles. The second-order valence-electron chi connectivity index (χ2n) is 4.41. The van der Waals surface area contributed by atoms with E-state index in [1.807, 2.05) is 59.2 Å². The number of hydrogen-bond donors (Lipinski definition) is 1. The highest BCUT2D eigenvalue weighted by molar-refractivity contribution is 5.84. The zero-order valence-electron chi connectivity index (χ0n) is 10.4. The van der Waals surface area contributed by atoms with Crippen LogP contribution in [-0.4, -0.2) is 4.57 Å². The van der Waals surface area contributed by atoms with Crippen molar-refractivity contribution in [2.45, 2.75) is 6.54 Å². The summed E-state index contributed by atoms with van der Waals surface area (Å²) in [6.07, 6.45) is 0. The van der Waals surface area contributed by atoms with Gasteiger partial charge in [-0.05, 0) is 29.8 Å². The number of aromatic nitrogens is 1. The summed E-state index contributed by atoms with van der Waals surface area (Å²) in [5.41, 5.74) is 9.35.